The number of benzene rings is 2. The SMILES string of the molecule is CC.CC(Oc1cc(-c2[nH]nc(Nc3cc(C(C)(C)C)on3)c2C(N)=O)ccc1NSC(F)F)c1ccc(F)cc1. The van der Waals surface area contributed by atoms with E-state index in [1.807, 2.05) is 34.6 Å². The molecule has 1 amide bonds. The van der Waals surface area contributed by atoms with Crippen molar-refractivity contribution in [3.8, 4) is 17.0 Å². The van der Waals surface area contributed by atoms with Gasteiger partial charge in [-0.15, -0.1) is 0 Å². The van der Waals surface area contributed by atoms with Crippen LogP contribution in [-0.4, -0.2) is 27.0 Å². The van der Waals surface area contributed by atoms with Crippen LogP contribution >= 0.6 is 11.9 Å². The van der Waals surface area contributed by atoms with Crippen molar-refractivity contribution in [3.63, 3.8) is 0 Å². The largest absolute Gasteiger partial charge is 0.484 e. The molecule has 2 aromatic heterocycles. The van der Waals surface area contributed by atoms with Gasteiger partial charge in [-0.05, 0) is 36.8 Å². The summed E-state index contributed by atoms with van der Waals surface area (Å²) in [6, 6.07) is 12.1. The number of aromatic nitrogens is 3. The second-order valence-corrected chi connectivity index (χ2v) is 10.4. The monoisotopic (exact) mass is 590 g/mol. The minimum Gasteiger partial charge on any atom is -0.484 e. The van der Waals surface area contributed by atoms with Gasteiger partial charge in [0.05, 0.1) is 11.4 Å². The van der Waals surface area contributed by atoms with Crippen LogP contribution in [0, 0.1) is 5.82 Å². The lowest BCUT2D eigenvalue weighted by Crippen LogP contribution is -2.13. The van der Waals surface area contributed by atoms with Crippen molar-refractivity contribution in [1.82, 2.24) is 15.4 Å². The molecular formula is C28H33F3N6O3S. The molecule has 2 aromatic carbocycles. The Hall–Kier alpha value is -4.13. The Labute approximate surface area is 240 Å². The summed E-state index contributed by atoms with van der Waals surface area (Å²) >= 11 is 0.209. The molecule has 4 aromatic rings. The number of amides is 1. The zero-order valence-corrected chi connectivity index (χ0v) is 24.3. The molecule has 0 fully saturated rings. The van der Waals surface area contributed by atoms with Gasteiger partial charge in [-0.3, -0.25) is 9.89 Å². The highest BCUT2D eigenvalue weighted by atomic mass is 32.2. The smallest absolute Gasteiger partial charge is 0.302 e. The maximum Gasteiger partial charge on any atom is 0.302 e. The fraction of sp³-hybridized carbons (Fsp3) is 0.321. The van der Waals surface area contributed by atoms with Crippen molar-refractivity contribution >= 4 is 35.2 Å². The summed E-state index contributed by atoms with van der Waals surface area (Å²) in [6.07, 6.45) is -0.559. The normalized spacial score (nSPS) is 12.0. The van der Waals surface area contributed by atoms with Crippen molar-refractivity contribution in [2.45, 2.75) is 58.8 Å². The molecule has 41 heavy (non-hydrogen) atoms. The number of aromatic amines is 1. The first-order valence-electron chi connectivity index (χ1n) is 12.8. The predicted octanol–water partition coefficient (Wildman–Crippen LogP) is 7.79. The summed E-state index contributed by atoms with van der Waals surface area (Å²) in [5.41, 5.74) is 7.14. The van der Waals surface area contributed by atoms with E-state index in [4.69, 9.17) is 15.0 Å². The van der Waals surface area contributed by atoms with Crippen LogP contribution in [-0.2, 0) is 5.41 Å². The van der Waals surface area contributed by atoms with Gasteiger partial charge >= 0.3 is 5.76 Å². The lowest BCUT2D eigenvalue weighted by Gasteiger charge is -2.19. The number of rotatable bonds is 10. The minimum atomic E-state index is -2.68. The van der Waals surface area contributed by atoms with Crippen molar-refractivity contribution < 1.29 is 27.2 Å². The number of alkyl halides is 2. The van der Waals surface area contributed by atoms with E-state index in [2.05, 4.69) is 25.4 Å². The lowest BCUT2D eigenvalue weighted by atomic mass is 9.93. The zero-order valence-electron chi connectivity index (χ0n) is 23.5. The van der Waals surface area contributed by atoms with E-state index in [0.29, 0.717) is 22.7 Å². The fourth-order valence-electron chi connectivity index (χ4n) is 3.65. The molecule has 1 unspecified atom stereocenters. The van der Waals surface area contributed by atoms with Crippen LogP contribution in [0.25, 0.3) is 11.3 Å². The second-order valence-electron chi connectivity index (χ2n) is 9.64. The minimum absolute atomic E-state index is 0.0514. The molecule has 0 saturated carbocycles. The summed E-state index contributed by atoms with van der Waals surface area (Å²) in [5.74, 6) is -2.54. The van der Waals surface area contributed by atoms with Gasteiger partial charge in [-0.25, -0.2) is 4.39 Å². The zero-order chi connectivity index (χ0) is 30.3. The van der Waals surface area contributed by atoms with E-state index in [9.17, 15) is 18.0 Å². The summed E-state index contributed by atoms with van der Waals surface area (Å²) < 4.78 is 53.2. The van der Waals surface area contributed by atoms with Gasteiger partial charge in [-0.2, -0.15) is 13.9 Å². The molecular weight excluding hydrogens is 557 g/mol. The molecule has 0 spiro atoms. The van der Waals surface area contributed by atoms with Gasteiger partial charge in [-0.1, -0.05) is 58.0 Å². The number of H-pyrrole nitrogens is 1. The fourth-order valence-corrected chi connectivity index (χ4v) is 4.03. The predicted molar refractivity (Wildman–Crippen MR) is 155 cm³/mol. The van der Waals surface area contributed by atoms with Crippen molar-refractivity contribution in [3.05, 3.63) is 71.2 Å². The highest BCUT2D eigenvalue weighted by molar-refractivity contribution is 8.00. The maximum absolute atomic E-state index is 13.4. The average Bonchev–Trinajstić information content (AvgIpc) is 3.57. The topological polar surface area (TPSA) is 131 Å². The first-order valence-corrected chi connectivity index (χ1v) is 13.7. The van der Waals surface area contributed by atoms with Crippen LogP contribution in [0.4, 0.5) is 30.5 Å². The van der Waals surface area contributed by atoms with Crippen molar-refractivity contribution in [2.24, 2.45) is 5.73 Å². The molecule has 1 atom stereocenters. The summed E-state index contributed by atoms with van der Waals surface area (Å²) in [6.45, 7) is 11.6. The van der Waals surface area contributed by atoms with Gasteiger partial charge < -0.3 is 25.0 Å². The van der Waals surface area contributed by atoms with Gasteiger partial charge in [0.2, 0.25) is 0 Å². The molecule has 9 nitrogen and oxygen atoms in total. The Morgan fingerprint density at radius 3 is 2.39 bits per heavy atom. The van der Waals surface area contributed by atoms with Crippen molar-refractivity contribution in [2.75, 3.05) is 10.0 Å². The van der Waals surface area contributed by atoms with Gasteiger partial charge in [0, 0.05) is 29.0 Å². The molecule has 0 saturated heterocycles. The molecule has 0 aliphatic heterocycles. The number of nitrogens with two attached hydrogens (primary N) is 1. The highest BCUT2D eigenvalue weighted by Crippen LogP contribution is 2.38. The number of hydrogen-bond acceptors (Lipinski definition) is 8. The van der Waals surface area contributed by atoms with Gasteiger partial charge in [0.15, 0.2) is 11.6 Å². The summed E-state index contributed by atoms with van der Waals surface area (Å²) in [5, 5.41) is 13.9. The first-order chi connectivity index (χ1) is 19.4. The van der Waals surface area contributed by atoms with Gasteiger partial charge in [0.25, 0.3) is 5.91 Å². The Morgan fingerprint density at radius 2 is 1.80 bits per heavy atom. The van der Waals surface area contributed by atoms with E-state index in [-0.39, 0.29) is 45.9 Å². The number of primary amides is 1. The summed E-state index contributed by atoms with van der Waals surface area (Å²) in [7, 11) is 0. The first kappa shape index (κ1) is 31.4. The standard InChI is InChI=1S/C26H27F3N6O3S.C2H6/c1-13(14-5-8-16(27)9-6-14)37-18-11-15(7-10-17(18)35-39-25(28)29)22-21(23(30)36)24(33-32-22)31-20-12-19(38-34-20)26(2,3)4;1-2/h5-13,25,35H,1-4H3,(H2,30,36)(H2,31,32,33,34);1-2H3. The quantitative estimate of drug-likeness (QED) is 0.138. The number of nitrogens with zero attached hydrogens (tertiary/aromatic N) is 2. The number of halogens is 3. The molecule has 13 heteroatoms. The van der Waals surface area contributed by atoms with Crippen LogP contribution in [0.1, 0.15) is 69.3 Å². The van der Waals surface area contributed by atoms with Crippen LogP contribution in [0.5, 0.6) is 5.75 Å². The second kappa shape index (κ2) is 13.5. The lowest BCUT2D eigenvalue weighted by molar-refractivity contribution is 0.100. The molecule has 2 heterocycles. The Bertz CT molecular complexity index is 1450. The molecule has 220 valence electrons. The third-order valence-electron chi connectivity index (χ3n) is 5.68. The van der Waals surface area contributed by atoms with E-state index < -0.39 is 23.6 Å². The molecule has 0 aliphatic rings. The van der Waals surface area contributed by atoms with Crippen LogP contribution in [0.2, 0.25) is 0 Å². The molecule has 4 rings (SSSR count). The van der Waals surface area contributed by atoms with E-state index >= 15 is 0 Å². The van der Waals surface area contributed by atoms with E-state index in [0.717, 1.165) is 0 Å². The molecule has 5 N–H and O–H groups in total. The van der Waals surface area contributed by atoms with Gasteiger partial charge in [0.1, 0.15) is 29.0 Å². The molecule has 0 radical (unpaired) electrons. The summed E-state index contributed by atoms with van der Waals surface area (Å²) in [4.78, 5) is 12.5. The van der Waals surface area contributed by atoms with Crippen LogP contribution in [0.15, 0.2) is 53.1 Å². The Kier molecular flexibility index (Phi) is 10.3. The Balaban J connectivity index is 0.00000226. The number of carbonyl (C=O) groups excluding carboxylic acids is 1. The number of ether oxygens (including phenoxy) is 1. The van der Waals surface area contributed by atoms with Crippen LogP contribution in [0.3, 0.4) is 0 Å². The molecule has 0 aliphatic carbocycles. The number of nitrogens with one attached hydrogen (secondary N) is 3. The van der Waals surface area contributed by atoms with Crippen LogP contribution < -0.4 is 20.5 Å². The third-order valence-corrected chi connectivity index (χ3v) is 6.20. The number of hydrogen-bond donors (Lipinski definition) is 4. The van der Waals surface area contributed by atoms with Crippen molar-refractivity contribution in [1.29, 1.82) is 0 Å². The maximum atomic E-state index is 13.4. The highest BCUT2D eigenvalue weighted by Gasteiger charge is 2.24. The average molecular weight is 591 g/mol. The van der Waals surface area contributed by atoms with E-state index in [1.54, 1.807) is 37.3 Å². The molecule has 0 bridgehead atoms. The third kappa shape index (κ3) is 7.97. The van der Waals surface area contributed by atoms with E-state index in [1.165, 1.54) is 18.2 Å². The Morgan fingerprint density at radius 1 is 1.12 bits per heavy atom. The number of anilines is 3. The number of carbonyl (C=O) groups is 1.